The van der Waals surface area contributed by atoms with E-state index in [1.807, 2.05) is 0 Å². The van der Waals surface area contributed by atoms with Crippen molar-refractivity contribution in [1.82, 2.24) is 0 Å². The molecule has 0 unspecified atom stereocenters. The van der Waals surface area contributed by atoms with Crippen LogP contribution >= 0.6 is 0 Å². The number of fused-ring (bicyclic) bond motifs is 1. The smallest absolute Gasteiger partial charge is 0.338 e. The van der Waals surface area contributed by atoms with Gasteiger partial charge in [-0.25, -0.2) is 4.79 Å². The molecule has 1 N–H and O–H groups in total. The Hall–Kier alpha value is -2.34. The van der Waals surface area contributed by atoms with Crippen molar-refractivity contribution < 1.29 is 23.8 Å². The van der Waals surface area contributed by atoms with E-state index in [9.17, 15) is 14.7 Å². The van der Waals surface area contributed by atoms with Crippen LogP contribution in [0.5, 0.6) is 5.75 Å². The van der Waals surface area contributed by atoms with Gasteiger partial charge in [-0.3, -0.25) is 4.79 Å². The minimum Gasteiger partial charge on any atom is -0.497 e. The van der Waals surface area contributed by atoms with Crippen LogP contribution in [-0.2, 0) is 11.2 Å². The summed E-state index contributed by atoms with van der Waals surface area (Å²) in [5, 5.41) is 9.67. The molecule has 1 atom stereocenters. The number of ether oxygens (including phenoxy) is 2. The zero-order valence-electron chi connectivity index (χ0n) is 12.9. The van der Waals surface area contributed by atoms with Gasteiger partial charge in [0.15, 0.2) is 5.43 Å². The van der Waals surface area contributed by atoms with Crippen LogP contribution in [0.3, 0.4) is 0 Å². The molecule has 22 heavy (non-hydrogen) atoms. The van der Waals surface area contributed by atoms with E-state index in [1.54, 1.807) is 13.8 Å². The second kappa shape index (κ2) is 6.19. The second-order valence-corrected chi connectivity index (χ2v) is 5.07. The first kappa shape index (κ1) is 16.0. The van der Waals surface area contributed by atoms with Gasteiger partial charge in [-0.15, -0.1) is 0 Å². The van der Waals surface area contributed by atoms with Crippen molar-refractivity contribution in [2.45, 2.75) is 26.4 Å². The number of benzene rings is 1. The van der Waals surface area contributed by atoms with Crippen LogP contribution < -0.4 is 10.2 Å². The van der Waals surface area contributed by atoms with Crippen molar-refractivity contribution in [1.29, 1.82) is 0 Å². The molecule has 118 valence electrons. The zero-order valence-corrected chi connectivity index (χ0v) is 12.9. The maximum atomic E-state index is 12.6. The molecule has 1 heterocycles. The lowest BCUT2D eigenvalue weighted by molar-refractivity contribution is 0.0602. The molecule has 0 bridgehead atoms. The summed E-state index contributed by atoms with van der Waals surface area (Å²) in [5.41, 5.74) is 0.368. The van der Waals surface area contributed by atoms with Crippen molar-refractivity contribution in [2.75, 3.05) is 14.2 Å². The van der Waals surface area contributed by atoms with Crippen LogP contribution in [0, 0.1) is 6.92 Å². The highest BCUT2D eigenvalue weighted by molar-refractivity contribution is 6.03. The summed E-state index contributed by atoms with van der Waals surface area (Å²) in [4.78, 5) is 24.5. The van der Waals surface area contributed by atoms with E-state index in [-0.39, 0.29) is 28.4 Å². The molecule has 0 amide bonds. The molecule has 0 saturated carbocycles. The summed E-state index contributed by atoms with van der Waals surface area (Å²) in [7, 11) is 2.69. The highest BCUT2D eigenvalue weighted by Crippen LogP contribution is 2.26. The largest absolute Gasteiger partial charge is 0.497 e. The van der Waals surface area contributed by atoms with E-state index < -0.39 is 12.1 Å². The molecular formula is C16H18O6. The first-order valence-electron chi connectivity index (χ1n) is 6.79. The molecule has 0 saturated heterocycles. The molecule has 0 fully saturated rings. The third-order valence-electron chi connectivity index (χ3n) is 3.42. The summed E-state index contributed by atoms with van der Waals surface area (Å²) in [5.74, 6) is 0.123. The zero-order chi connectivity index (χ0) is 16.4. The average Bonchev–Trinajstić information content (AvgIpc) is 2.49. The topological polar surface area (TPSA) is 86.0 Å². The standard InChI is InChI=1S/C16H18O6/c1-8(17)5-12-9(2)15(18)14-11(16(19)21-4)6-10(20-3)7-13(14)22-12/h6-8,17H,5H2,1-4H3/t8-/m0/s1. The first-order chi connectivity index (χ1) is 10.4. The van der Waals surface area contributed by atoms with Gasteiger partial charge >= 0.3 is 5.97 Å². The van der Waals surface area contributed by atoms with Crippen molar-refractivity contribution in [3.8, 4) is 5.75 Å². The lowest BCUT2D eigenvalue weighted by atomic mass is 10.0. The van der Waals surface area contributed by atoms with Crippen LogP contribution in [0.1, 0.15) is 28.6 Å². The van der Waals surface area contributed by atoms with E-state index in [4.69, 9.17) is 13.9 Å². The van der Waals surface area contributed by atoms with Crippen LogP contribution in [0.15, 0.2) is 21.3 Å². The monoisotopic (exact) mass is 306 g/mol. The molecule has 0 spiro atoms. The lowest BCUT2D eigenvalue weighted by Crippen LogP contribution is -2.16. The van der Waals surface area contributed by atoms with E-state index in [0.717, 1.165) is 0 Å². The van der Waals surface area contributed by atoms with Crippen LogP contribution in [0.4, 0.5) is 0 Å². The molecule has 1 aromatic heterocycles. The summed E-state index contributed by atoms with van der Waals surface area (Å²) in [6.45, 7) is 3.21. The fourth-order valence-electron chi connectivity index (χ4n) is 2.28. The number of aliphatic hydroxyl groups is 1. The quantitative estimate of drug-likeness (QED) is 0.867. The number of hydrogen-bond acceptors (Lipinski definition) is 6. The molecule has 0 aliphatic rings. The van der Waals surface area contributed by atoms with Gasteiger partial charge in [0.2, 0.25) is 0 Å². The Bertz CT molecular complexity index is 772. The van der Waals surface area contributed by atoms with Gasteiger partial charge in [-0.2, -0.15) is 0 Å². The number of aliphatic hydroxyl groups excluding tert-OH is 1. The fourth-order valence-corrected chi connectivity index (χ4v) is 2.28. The molecule has 6 heteroatoms. The number of hydrogen-bond donors (Lipinski definition) is 1. The highest BCUT2D eigenvalue weighted by Gasteiger charge is 2.20. The Morgan fingerprint density at radius 3 is 2.59 bits per heavy atom. The maximum Gasteiger partial charge on any atom is 0.338 e. The van der Waals surface area contributed by atoms with Gasteiger partial charge < -0.3 is 19.0 Å². The SMILES string of the molecule is COC(=O)c1cc(OC)cc2oc(C[C@H](C)O)c(C)c(=O)c12. The van der Waals surface area contributed by atoms with Gasteiger partial charge in [0.25, 0.3) is 0 Å². The number of carbonyl (C=O) groups is 1. The average molecular weight is 306 g/mol. The molecule has 2 rings (SSSR count). The molecule has 0 aliphatic carbocycles. The molecular weight excluding hydrogens is 288 g/mol. The van der Waals surface area contributed by atoms with Gasteiger partial charge in [0.05, 0.1) is 31.3 Å². The highest BCUT2D eigenvalue weighted by atomic mass is 16.5. The van der Waals surface area contributed by atoms with Crippen molar-refractivity contribution in [3.63, 3.8) is 0 Å². The lowest BCUT2D eigenvalue weighted by Gasteiger charge is -2.11. The van der Waals surface area contributed by atoms with E-state index >= 15 is 0 Å². The number of esters is 1. The normalized spacial score (nSPS) is 12.2. The Balaban J connectivity index is 2.84. The third kappa shape index (κ3) is 2.82. The second-order valence-electron chi connectivity index (χ2n) is 5.07. The molecule has 0 aliphatic heterocycles. The minimum absolute atomic E-state index is 0.0947. The Kier molecular flexibility index (Phi) is 4.51. The predicted octanol–water partition coefficient (Wildman–Crippen LogP) is 1.82. The maximum absolute atomic E-state index is 12.6. The predicted molar refractivity (Wildman–Crippen MR) is 80.5 cm³/mol. The number of rotatable bonds is 4. The van der Waals surface area contributed by atoms with Gasteiger partial charge in [-0.1, -0.05) is 0 Å². The fraction of sp³-hybridized carbons (Fsp3) is 0.375. The van der Waals surface area contributed by atoms with Gasteiger partial charge in [0.1, 0.15) is 17.1 Å². The summed E-state index contributed by atoms with van der Waals surface area (Å²) in [6, 6.07) is 2.98. The first-order valence-corrected chi connectivity index (χ1v) is 6.79. The number of carbonyl (C=O) groups excluding carboxylic acids is 1. The van der Waals surface area contributed by atoms with Crippen LogP contribution in [0.2, 0.25) is 0 Å². The summed E-state index contributed by atoms with van der Waals surface area (Å²) >= 11 is 0. The molecule has 2 aromatic rings. The van der Waals surface area contributed by atoms with Gasteiger partial charge in [0, 0.05) is 18.1 Å². The van der Waals surface area contributed by atoms with Crippen molar-refractivity contribution in [3.05, 3.63) is 39.2 Å². The van der Waals surface area contributed by atoms with E-state index in [1.165, 1.54) is 26.4 Å². The minimum atomic E-state index is -0.648. The number of methoxy groups -OCH3 is 2. The Morgan fingerprint density at radius 2 is 2.05 bits per heavy atom. The molecule has 0 radical (unpaired) electrons. The third-order valence-corrected chi connectivity index (χ3v) is 3.42. The summed E-state index contributed by atoms with van der Waals surface area (Å²) in [6.07, 6.45) is -0.438. The van der Waals surface area contributed by atoms with E-state index in [2.05, 4.69) is 0 Å². The Morgan fingerprint density at radius 1 is 1.36 bits per heavy atom. The van der Waals surface area contributed by atoms with Crippen LogP contribution in [0.25, 0.3) is 11.0 Å². The van der Waals surface area contributed by atoms with Crippen molar-refractivity contribution in [2.24, 2.45) is 0 Å². The molecule has 1 aromatic carbocycles. The van der Waals surface area contributed by atoms with Gasteiger partial charge in [-0.05, 0) is 19.9 Å². The molecule has 6 nitrogen and oxygen atoms in total. The van der Waals surface area contributed by atoms with Crippen molar-refractivity contribution >= 4 is 16.9 Å². The van der Waals surface area contributed by atoms with E-state index in [0.29, 0.717) is 17.1 Å². The summed E-state index contributed by atoms with van der Waals surface area (Å²) < 4.78 is 15.6. The Labute approximate surface area is 127 Å². The van der Waals surface area contributed by atoms with Crippen LogP contribution in [-0.4, -0.2) is 31.4 Å².